The van der Waals surface area contributed by atoms with Crippen LogP contribution in [-0.4, -0.2) is 25.2 Å². The average molecular weight is 270 g/mol. The molecule has 0 heterocycles. The van der Waals surface area contributed by atoms with Crippen molar-refractivity contribution < 1.29 is 22.8 Å². The Morgan fingerprint density at radius 1 is 1.33 bits per heavy atom. The lowest BCUT2D eigenvalue weighted by Gasteiger charge is -2.19. The molecule has 0 rings (SSSR count). The molecule has 0 aromatic rings. The molecule has 0 aliphatic rings. The van der Waals surface area contributed by atoms with Crippen molar-refractivity contribution in [1.82, 2.24) is 5.48 Å². The topological polar surface area (TPSA) is 64.4 Å². The molecule has 1 atom stereocenters. The molecule has 0 aromatic heterocycles. The first kappa shape index (κ1) is 17.2. The molecule has 0 saturated carbocycles. The van der Waals surface area contributed by atoms with Crippen LogP contribution in [0.15, 0.2) is 0 Å². The van der Waals surface area contributed by atoms with Gasteiger partial charge in [-0.2, -0.15) is 13.2 Å². The first-order valence-corrected chi connectivity index (χ1v) is 5.93. The zero-order valence-corrected chi connectivity index (χ0v) is 10.7. The van der Waals surface area contributed by atoms with Crippen molar-refractivity contribution in [1.29, 1.82) is 0 Å². The van der Waals surface area contributed by atoms with E-state index < -0.39 is 18.7 Å². The lowest BCUT2D eigenvalue weighted by molar-refractivity contribution is -0.191. The molecule has 1 unspecified atom stereocenters. The van der Waals surface area contributed by atoms with Gasteiger partial charge in [-0.1, -0.05) is 13.8 Å². The van der Waals surface area contributed by atoms with Crippen LogP contribution in [0, 0.1) is 11.8 Å². The normalized spacial score (nSPS) is 13.7. The van der Waals surface area contributed by atoms with Crippen LogP contribution in [0.1, 0.15) is 33.1 Å². The van der Waals surface area contributed by atoms with Crippen LogP contribution in [0.5, 0.6) is 0 Å². The molecule has 18 heavy (non-hydrogen) atoms. The van der Waals surface area contributed by atoms with Crippen molar-refractivity contribution in [2.24, 2.45) is 17.6 Å². The number of nitrogens with one attached hydrogen (secondary N) is 1. The molecule has 108 valence electrons. The lowest BCUT2D eigenvalue weighted by Crippen LogP contribution is -2.30. The monoisotopic (exact) mass is 270 g/mol. The third kappa shape index (κ3) is 9.23. The molecule has 7 heteroatoms. The predicted octanol–water partition coefficient (Wildman–Crippen LogP) is 2.00. The van der Waals surface area contributed by atoms with Gasteiger partial charge in [-0.3, -0.25) is 9.63 Å². The van der Waals surface area contributed by atoms with Crippen LogP contribution in [-0.2, 0) is 9.63 Å². The molecule has 0 spiro atoms. The molecular formula is C11H21F3N2O2. The zero-order chi connectivity index (χ0) is 14.2. The van der Waals surface area contributed by atoms with E-state index >= 15 is 0 Å². The highest BCUT2D eigenvalue weighted by Crippen LogP contribution is 2.20. The van der Waals surface area contributed by atoms with E-state index in [9.17, 15) is 18.0 Å². The number of alkyl halides is 3. The highest BCUT2D eigenvalue weighted by Gasteiger charge is 2.28. The number of rotatable bonds is 8. The van der Waals surface area contributed by atoms with Crippen LogP contribution in [0.3, 0.4) is 0 Å². The Labute approximate surface area is 105 Å². The largest absolute Gasteiger partial charge is 0.414 e. The second kappa shape index (κ2) is 8.31. The summed E-state index contributed by atoms with van der Waals surface area (Å²) < 4.78 is 35.2. The Kier molecular flexibility index (Phi) is 7.93. The van der Waals surface area contributed by atoms with Crippen LogP contribution in [0.25, 0.3) is 0 Å². The van der Waals surface area contributed by atoms with Crippen LogP contribution >= 0.6 is 0 Å². The van der Waals surface area contributed by atoms with Crippen molar-refractivity contribution in [3.63, 3.8) is 0 Å². The summed E-state index contributed by atoms with van der Waals surface area (Å²) in [5.74, 6) is 0.141. The lowest BCUT2D eigenvalue weighted by atomic mass is 9.88. The van der Waals surface area contributed by atoms with Gasteiger partial charge in [0.2, 0.25) is 5.91 Å². The van der Waals surface area contributed by atoms with E-state index in [-0.39, 0.29) is 6.42 Å². The van der Waals surface area contributed by atoms with Gasteiger partial charge in [0.1, 0.15) is 0 Å². The van der Waals surface area contributed by atoms with Crippen molar-refractivity contribution >= 4 is 5.91 Å². The molecule has 3 N–H and O–H groups in total. The van der Waals surface area contributed by atoms with Crippen molar-refractivity contribution in [2.75, 3.05) is 13.2 Å². The number of carbonyl (C=O) groups excluding carboxylic acids is 1. The third-order valence-electron chi connectivity index (χ3n) is 2.64. The predicted molar refractivity (Wildman–Crippen MR) is 61.4 cm³/mol. The molecule has 0 aliphatic carbocycles. The summed E-state index contributed by atoms with van der Waals surface area (Å²) >= 11 is 0. The molecule has 0 aromatic carbocycles. The molecule has 0 aliphatic heterocycles. The summed E-state index contributed by atoms with van der Waals surface area (Å²) in [5.41, 5.74) is 7.24. The number of hydrogen-bond acceptors (Lipinski definition) is 3. The quantitative estimate of drug-likeness (QED) is 0.663. The number of hydroxylamine groups is 1. The summed E-state index contributed by atoms with van der Waals surface area (Å²) in [6.45, 7) is 3.11. The maximum atomic E-state index is 11.7. The van der Waals surface area contributed by atoms with Gasteiger partial charge in [-0.25, -0.2) is 5.48 Å². The fourth-order valence-corrected chi connectivity index (χ4v) is 1.59. The Morgan fingerprint density at radius 2 is 1.94 bits per heavy atom. The smallest absolute Gasteiger partial charge is 0.330 e. The number of carbonyl (C=O) groups is 1. The highest BCUT2D eigenvalue weighted by molar-refractivity contribution is 5.74. The highest BCUT2D eigenvalue weighted by atomic mass is 19.4. The van der Waals surface area contributed by atoms with E-state index in [0.717, 1.165) is 6.42 Å². The average Bonchev–Trinajstić information content (AvgIpc) is 2.21. The Balaban J connectivity index is 3.81. The number of nitrogens with two attached hydrogens (primary N) is 1. The maximum absolute atomic E-state index is 11.7. The minimum absolute atomic E-state index is 0.140. The Bertz CT molecular complexity index is 245. The Morgan fingerprint density at radius 3 is 2.39 bits per heavy atom. The number of amides is 1. The molecular weight excluding hydrogens is 249 g/mol. The van der Waals surface area contributed by atoms with Crippen molar-refractivity contribution in [3.05, 3.63) is 0 Å². The van der Waals surface area contributed by atoms with E-state index in [0.29, 0.717) is 24.8 Å². The summed E-state index contributed by atoms with van der Waals surface area (Å²) in [5, 5.41) is 0. The van der Waals surface area contributed by atoms with Gasteiger partial charge in [0, 0.05) is 6.42 Å². The van der Waals surface area contributed by atoms with Crippen molar-refractivity contribution in [2.45, 2.75) is 39.3 Å². The van der Waals surface area contributed by atoms with E-state index in [4.69, 9.17) is 5.73 Å². The van der Waals surface area contributed by atoms with Crippen LogP contribution in [0.2, 0.25) is 0 Å². The first-order chi connectivity index (χ1) is 8.26. The van der Waals surface area contributed by atoms with E-state index in [1.165, 1.54) is 0 Å². The van der Waals surface area contributed by atoms with E-state index in [1.54, 1.807) is 5.48 Å². The molecule has 4 nitrogen and oxygen atoms in total. The Hall–Kier alpha value is -0.820. The van der Waals surface area contributed by atoms with Gasteiger partial charge in [0.25, 0.3) is 0 Å². The van der Waals surface area contributed by atoms with Gasteiger partial charge in [0.05, 0.1) is 0 Å². The minimum Gasteiger partial charge on any atom is -0.330 e. The maximum Gasteiger partial charge on any atom is 0.414 e. The summed E-state index contributed by atoms with van der Waals surface area (Å²) in [4.78, 5) is 15.3. The molecule has 1 amide bonds. The molecule has 0 saturated heterocycles. The van der Waals surface area contributed by atoms with Gasteiger partial charge in [-0.05, 0) is 31.2 Å². The second-order valence-corrected chi connectivity index (χ2v) is 4.55. The first-order valence-electron chi connectivity index (χ1n) is 5.93. The van der Waals surface area contributed by atoms with Crippen LogP contribution in [0.4, 0.5) is 13.2 Å². The number of halogens is 3. The fourth-order valence-electron chi connectivity index (χ4n) is 1.59. The SMILES string of the molecule is CC(C)C(CCN)CCC(=O)NOCC(F)(F)F. The summed E-state index contributed by atoms with van der Waals surface area (Å²) in [6, 6.07) is 0. The van der Waals surface area contributed by atoms with Gasteiger partial charge < -0.3 is 5.73 Å². The molecule has 0 radical (unpaired) electrons. The zero-order valence-electron chi connectivity index (χ0n) is 10.7. The van der Waals surface area contributed by atoms with E-state index in [2.05, 4.69) is 4.84 Å². The van der Waals surface area contributed by atoms with Gasteiger partial charge >= 0.3 is 6.18 Å². The third-order valence-corrected chi connectivity index (χ3v) is 2.64. The minimum atomic E-state index is -4.44. The van der Waals surface area contributed by atoms with Crippen LogP contribution < -0.4 is 11.2 Å². The second-order valence-electron chi connectivity index (χ2n) is 4.55. The number of hydrogen-bond donors (Lipinski definition) is 2. The molecule has 0 fully saturated rings. The van der Waals surface area contributed by atoms with Crippen molar-refractivity contribution in [3.8, 4) is 0 Å². The van der Waals surface area contributed by atoms with E-state index in [1.807, 2.05) is 13.8 Å². The summed E-state index contributed by atoms with van der Waals surface area (Å²) in [7, 11) is 0. The standard InChI is InChI=1S/C11H21F3N2O2/c1-8(2)9(5-6-15)3-4-10(17)16-18-7-11(12,13)14/h8-9H,3-7,15H2,1-2H3,(H,16,17). The van der Waals surface area contributed by atoms with Gasteiger partial charge in [0.15, 0.2) is 6.61 Å². The van der Waals surface area contributed by atoms with Gasteiger partial charge in [-0.15, -0.1) is 0 Å². The fraction of sp³-hybridized carbons (Fsp3) is 0.909. The summed E-state index contributed by atoms with van der Waals surface area (Å²) in [6.07, 6.45) is -2.90. The molecule has 0 bridgehead atoms.